The molecule has 1 atom stereocenters. The molecule has 0 aromatic rings. The molecule has 1 aliphatic rings. The van der Waals surface area contributed by atoms with E-state index in [0.29, 0.717) is 9.63 Å². The Bertz CT molecular complexity index is 311. The van der Waals surface area contributed by atoms with E-state index in [1.807, 2.05) is 0 Å². The van der Waals surface area contributed by atoms with E-state index in [9.17, 15) is 4.57 Å². The first-order valence-corrected chi connectivity index (χ1v) is 8.10. The van der Waals surface area contributed by atoms with Crippen LogP contribution in [0.25, 0.3) is 0 Å². The Kier molecular flexibility index (Phi) is 4.35. The second-order valence-electron chi connectivity index (χ2n) is 3.51. The zero-order chi connectivity index (χ0) is 11.7. The van der Waals surface area contributed by atoms with E-state index in [4.69, 9.17) is 9.79 Å². The SMILES string of the molecule is CCC1(CC)SC(=NP(=O)(O)O)SC1C. The Morgan fingerprint density at radius 1 is 1.47 bits per heavy atom. The van der Waals surface area contributed by atoms with Crippen molar-refractivity contribution in [2.45, 2.75) is 43.6 Å². The zero-order valence-corrected chi connectivity index (χ0v) is 11.5. The monoisotopic (exact) mass is 269 g/mol. The lowest BCUT2D eigenvalue weighted by Crippen LogP contribution is -2.29. The average molecular weight is 269 g/mol. The van der Waals surface area contributed by atoms with Crippen LogP contribution in [0.3, 0.4) is 0 Å². The van der Waals surface area contributed by atoms with E-state index in [0.717, 1.165) is 12.8 Å². The van der Waals surface area contributed by atoms with Crippen molar-refractivity contribution in [1.82, 2.24) is 0 Å². The van der Waals surface area contributed by atoms with Crippen LogP contribution in [0.2, 0.25) is 0 Å². The lowest BCUT2D eigenvalue weighted by molar-refractivity contribution is 0.375. The predicted molar refractivity (Wildman–Crippen MR) is 67.4 cm³/mol. The van der Waals surface area contributed by atoms with Gasteiger partial charge in [-0.15, -0.1) is 0 Å². The molecule has 88 valence electrons. The van der Waals surface area contributed by atoms with E-state index < -0.39 is 7.75 Å². The molecule has 1 fully saturated rings. The molecule has 2 N–H and O–H groups in total. The minimum atomic E-state index is -4.27. The lowest BCUT2D eigenvalue weighted by atomic mass is 9.99. The highest BCUT2D eigenvalue weighted by Gasteiger charge is 2.43. The number of nitrogens with zero attached hydrogens (tertiary/aromatic N) is 1. The summed E-state index contributed by atoms with van der Waals surface area (Å²) in [6, 6.07) is 0. The lowest BCUT2D eigenvalue weighted by Gasteiger charge is -2.28. The zero-order valence-electron chi connectivity index (χ0n) is 9.01. The van der Waals surface area contributed by atoms with Gasteiger partial charge in [-0.1, -0.05) is 44.3 Å². The molecule has 0 saturated carbocycles. The molecule has 15 heavy (non-hydrogen) atoms. The second kappa shape index (κ2) is 4.80. The van der Waals surface area contributed by atoms with E-state index in [1.54, 1.807) is 0 Å². The number of rotatable bonds is 3. The van der Waals surface area contributed by atoms with Crippen LogP contribution in [-0.4, -0.2) is 24.2 Å². The molecule has 0 radical (unpaired) electrons. The van der Waals surface area contributed by atoms with E-state index in [2.05, 4.69) is 25.5 Å². The summed E-state index contributed by atoms with van der Waals surface area (Å²) in [5.74, 6) is 0. The Morgan fingerprint density at radius 3 is 2.33 bits per heavy atom. The molecule has 7 heteroatoms. The third-order valence-corrected chi connectivity index (χ3v) is 6.84. The Balaban J connectivity index is 2.88. The topological polar surface area (TPSA) is 69.9 Å². The molecule has 0 spiro atoms. The fraction of sp³-hybridized carbons (Fsp3) is 0.875. The summed E-state index contributed by atoms with van der Waals surface area (Å²) < 4.78 is 14.8. The Morgan fingerprint density at radius 2 is 2.00 bits per heavy atom. The van der Waals surface area contributed by atoms with Crippen LogP contribution in [0.4, 0.5) is 0 Å². The largest absolute Gasteiger partial charge is 0.450 e. The van der Waals surface area contributed by atoms with Gasteiger partial charge in [0.1, 0.15) is 4.38 Å². The van der Waals surface area contributed by atoms with Gasteiger partial charge in [-0.3, -0.25) is 0 Å². The van der Waals surface area contributed by atoms with Gasteiger partial charge < -0.3 is 9.79 Å². The molecule has 0 aliphatic carbocycles. The summed E-state index contributed by atoms with van der Waals surface area (Å²) >= 11 is 2.98. The summed E-state index contributed by atoms with van der Waals surface area (Å²) in [6.45, 7) is 6.30. The fourth-order valence-electron chi connectivity index (χ4n) is 1.66. The first-order valence-electron chi connectivity index (χ1n) is 4.84. The van der Waals surface area contributed by atoms with Gasteiger partial charge in [0.2, 0.25) is 0 Å². The molecule has 0 amide bonds. The van der Waals surface area contributed by atoms with Crippen molar-refractivity contribution in [3.8, 4) is 0 Å². The van der Waals surface area contributed by atoms with Crippen LogP contribution in [0.15, 0.2) is 4.76 Å². The van der Waals surface area contributed by atoms with Crippen LogP contribution < -0.4 is 0 Å². The normalized spacial score (nSPS) is 28.6. The Hall–Kier alpha value is 0.520. The van der Waals surface area contributed by atoms with Crippen molar-refractivity contribution in [2.24, 2.45) is 4.76 Å². The summed E-state index contributed by atoms with van der Waals surface area (Å²) in [6.07, 6.45) is 1.98. The van der Waals surface area contributed by atoms with Crippen LogP contribution in [0, 0.1) is 0 Å². The molecule has 1 rings (SSSR count). The molecule has 1 heterocycles. The molecular formula is C8H16NO3PS2. The van der Waals surface area contributed by atoms with Crippen molar-refractivity contribution in [3.05, 3.63) is 0 Å². The molecule has 1 saturated heterocycles. The molecule has 1 unspecified atom stereocenters. The maximum Gasteiger partial charge on any atom is 0.450 e. The van der Waals surface area contributed by atoms with Gasteiger partial charge in [-0.2, -0.15) is 4.76 Å². The third-order valence-electron chi connectivity index (χ3n) is 2.72. The molecule has 1 aliphatic heterocycles. The van der Waals surface area contributed by atoms with Crippen molar-refractivity contribution >= 4 is 35.6 Å². The number of thioether (sulfide) groups is 2. The van der Waals surface area contributed by atoms with Crippen molar-refractivity contribution in [3.63, 3.8) is 0 Å². The van der Waals surface area contributed by atoms with E-state index >= 15 is 0 Å². The summed E-state index contributed by atoms with van der Waals surface area (Å²) in [5.41, 5.74) is 0. The van der Waals surface area contributed by atoms with Crippen LogP contribution >= 0.6 is 31.3 Å². The quantitative estimate of drug-likeness (QED) is 0.771. The molecule has 0 bridgehead atoms. The summed E-state index contributed by atoms with van der Waals surface area (Å²) in [7, 11) is -4.27. The predicted octanol–water partition coefficient (Wildman–Crippen LogP) is 2.86. The van der Waals surface area contributed by atoms with E-state index in [1.165, 1.54) is 23.5 Å². The maximum atomic E-state index is 10.8. The van der Waals surface area contributed by atoms with Gasteiger partial charge in [0, 0.05) is 10.00 Å². The van der Waals surface area contributed by atoms with Gasteiger partial charge in [0.05, 0.1) is 0 Å². The maximum absolute atomic E-state index is 10.8. The fourth-order valence-corrected chi connectivity index (χ4v) is 5.93. The number of hydrogen-bond acceptors (Lipinski definition) is 3. The standard InChI is InChI=1S/C8H16NO3PS2/c1-4-8(5-2)6(3)14-7(15-8)9-13(10,11)12/h6H,4-5H2,1-3H3,(H2,10,11,12). The summed E-state index contributed by atoms with van der Waals surface area (Å²) in [5, 5.41) is 0.350. The minimum absolute atomic E-state index is 0.0820. The van der Waals surface area contributed by atoms with Gasteiger partial charge in [-0.05, 0) is 12.8 Å². The molecule has 0 aromatic heterocycles. The highest BCUT2D eigenvalue weighted by Crippen LogP contribution is 2.54. The molecule has 0 aromatic carbocycles. The Labute approximate surface area is 98.5 Å². The van der Waals surface area contributed by atoms with Gasteiger partial charge in [-0.25, -0.2) is 4.57 Å². The first kappa shape index (κ1) is 13.6. The van der Waals surface area contributed by atoms with Crippen molar-refractivity contribution in [2.75, 3.05) is 0 Å². The van der Waals surface area contributed by atoms with Crippen molar-refractivity contribution < 1.29 is 14.4 Å². The second-order valence-corrected chi connectivity index (χ2v) is 7.73. The minimum Gasteiger partial charge on any atom is -0.307 e. The highest BCUT2D eigenvalue weighted by molar-refractivity contribution is 8.42. The van der Waals surface area contributed by atoms with Crippen LogP contribution in [-0.2, 0) is 4.57 Å². The smallest absolute Gasteiger partial charge is 0.307 e. The third kappa shape index (κ3) is 3.24. The summed E-state index contributed by atoms with van der Waals surface area (Å²) in [4.78, 5) is 17.6. The molecular weight excluding hydrogens is 253 g/mol. The van der Waals surface area contributed by atoms with Gasteiger partial charge >= 0.3 is 7.75 Å². The number of hydrogen-bond donors (Lipinski definition) is 2. The van der Waals surface area contributed by atoms with Crippen LogP contribution in [0.5, 0.6) is 0 Å². The highest BCUT2D eigenvalue weighted by atomic mass is 32.2. The van der Waals surface area contributed by atoms with Gasteiger partial charge in [0.15, 0.2) is 0 Å². The first-order chi connectivity index (χ1) is 6.83. The van der Waals surface area contributed by atoms with Crippen LogP contribution in [0.1, 0.15) is 33.6 Å². The van der Waals surface area contributed by atoms with E-state index in [-0.39, 0.29) is 4.75 Å². The van der Waals surface area contributed by atoms with Crippen molar-refractivity contribution in [1.29, 1.82) is 0 Å². The van der Waals surface area contributed by atoms with Gasteiger partial charge in [0.25, 0.3) is 0 Å². The molecule has 4 nitrogen and oxygen atoms in total. The average Bonchev–Trinajstić information content (AvgIpc) is 2.40.